The van der Waals surface area contributed by atoms with Crippen LogP contribution in [0.2, 0.25) is 0 Å². The Balaban J connectivity index is 1.05. The highest BCUT2D eigenvalue weighted by Gasteiger charge is 2.25. The van der Waals surface area contributed by atoms with Gasteiger partial charge in [0, 0.05) is 70.6 Å². The zero-order valence-corrected chi connectivity index (χ0v) is 31.3. The van der Waals surface area contributed by atoms with Crippen LogP contribution in [0.1, 0.15) is 0 Å². The molecule has 5 heterocycles. The van der Waals surface area contributed by atoms with Gasteiger partial charge in [-0.2, -0.15) is 0 Å². The predicted octanol–water partition coefficient (Wildman–Crippen LogP) is 15.1. The fourth-order valence-electron chi connectivity index (χ4n) is 9.34. The van der Waals surface area contributed by atoms with E-state index in [0.717, 1.165) is 83.0 Å². The van der Waals surface area contributed by atoms with Gasteiger partial charge < -0.3 is 18.0 Å². The maximum atomic E-state index is 7.11. The van der Waals surface area contributed by atoms with E-state index in [2.05, 4.69) is 191 Å². The number of hydrogen-bond donors (Lipinski definition) is 0. The second-order valence-corrected chi connectivity index (χ2v) is 15.8. The average molecular weight is 747 g/mol. The zero-order valence-electron chi connectivity index (χ0n) is 30.4. The summed E-state index contributed by atoms with van der Waals surface area (Å²) in [6.07, 6.45) is 0. The summed E-state index contributed by atoms with van der Waals surface area (Å²) in [6, 6.07) is 64.7. The Bertz CT molecular complexity index is 3500. The molecule has 0 radical (unpaired) electrons. The van der Waals surface area contributed by atoms with Gasteiger partial charge in [0.25, 0.3) is 0 Å². The van der Waals surface area contributed by atoms with Crippen molar-refractivity contribution in [2.24, 2.45) is 0 Å². The van der Waals surface area contributed by atoms with Gasteiger partial charge in [0.1, 0.15) is 22.3 Å². The highest BCUT2D eigenvalue weighted by molar-refractivity contribution is 7.27. The Hall–Kier alpha value is -7.34. The molecule has 0 atom stereocenters. The van der Waals surface area contributed by atoms with E-state index in [9.17, 15) is 0 Å². The van der Waals surface area contributed by atoms with E-state index in [1.54, 1.807) is 0 Å². The van der Waals surface area contributed by atoms with Crippen LogP contribution in [0.4, 0.5) is 0 Å². The molecule has 13 rings (SSSR count). The van der Waals surface area contributed by atoms with Gasteiger partial charge in [-0.25, -0.2) is 0 Å². The molecule has 0 N–H and O–H groups in total. The van der Waals surface area contributed by atoms with Crippen molar-refractivity contribution >= 4 is 97.5 Å². The van der Waals surface area contributed by atoms with Crippen molar-refractivity contribution in [2.45, 2.75) is 0 Å². The number of aromatic nitrogens is 2. The average Bonchev–Trinajstić information content (AvgIpc) is 4.08. The molecule has 0 aliphatic rings. The van der Waals surface area contributed by atoms with Crippen LogP contribution in [0.3, 0.4) is 0 Å². The van der Waals surface area contributed by atoms with Crippen LogP contribution in [0.15, 0.2) is 191 Å². The zero-order chi connectivity index (χ0) is 37.2. The van der Waals surface area contributed by atoms with E-state index >= 15 is 0 Å². The van der Waals surface area contributed by atoms with Crippen molar-refractivity contribution in [1.29, 1.82) is 0 Å². The Morgan fingerprint density at radius 2 is 0.737 bits per heavy atom. The molecule has 8 aromatic carbocycles. The van der Waals surface area contributed by atoms with E-state index in [1.165, 1.54) is 36.8 Å². The summed E-state index contributed by atoms with van der Waals surface area (Å²) in [5.74, 6) is 0. The van der Waals surface area contributed by atoms with Gasteiger partial charge in [0.05, 0.1) is 21.3 Å². The molecule has 4 nitrogen and oxygen atoms in total. The van der Waals surface area contributed by atoms with Gasteiger partial charge in [-0.05, 0) is 48.5 Å². The third-order valence-corrected chi connectivity index (χ3v) is 13.0. The fraction of sp³-hybridized carbons (Fsp3) is 0. The number of benzene rings is 8. The van der Waals surface area contributed by atoms with Crippen LogP contribution < -0.4 is 0 Å². The monoisotopic (exact) mass is 746 g/mol. The summed E-state index contributed by atoms with van der Waals surface area (Å²) in [7, 11) is 0. The Kier molecular flexibility index (Phi) is 6.29. The molecule has 0 aliphatic heterocycles. The largest absolute Gasteiger partial charge is 0.455 e. The van der Waals surface area contributed by atoms with Gasteiger partial charge in [-0.1, -0.05) is 133 Å². The molecule has 0 fully saturated rings. The summed E-state index contributed by atoms with van der Waals surface area (Å²) in [4.78, 5) is 0. The van der Waals surface area contributed by atoms with Crippen molar-refractivity contribution in [3.05, 3.63) is 182 Å². The van der Waals surface area contributed by atoms with E-state index in [4.69, 9.17) is 8.83 Å². The summed E-state index contributed by atoms with van der Waals surface area (Å²) in [5, 5.41) is 6.85. The molecule has 0 aliphatic carbocycles. The van der Waals surface area contributed by atoms with Gasteiger partial charge in [0.15, 0.2) is 5.58 Å². The van der Waals surface area contributed by atoms with Crippen LogP contribution in [0.25, 0.3) is 120 Å². The molecule has 57 heavy (non-hydrogen) atoms. The molecule has 0 saturated heterocycles. The molecular weight excluding hydrogens is 717 g/mol. The predicted molar refractivity (Wildman–Crippen MR) is 238 cm³/mol. The maximum absolute atomic E-state index is 7.11. The molecule has 0 spiro atoms. The SMILES string of the molecule is c1ccc(-n2c3ccccc3c3oc4c(-c5cccc6c5oc5c(-c7cccc8c7sc7c9ccccc9n(-c9ccccc9)c87)cccc56)cccc4c32)cc1. The molecule has 5 aromatic heterocycles. The second kappa shape index (κ2) is 11.6. The lowest BCUT2D eigenvalue weighted by molar-refractivity contribution is 0.667. The Morgan fingerprint density at radius 1 is 0.298 bits per heavy atom. The van der Waals surface area contributed by atoms with E-state index < -0.39 is 0 Å². The highest BCUT2D eigenvalue weighted by atomic mass is 32.1. The third-order valence-electron chi connectivity index (χ3n) is 11.7. The van der Waals surface area contributed by atoms with E-state index in [-0.39, 0.29) is 0 Å². The molecule has 0 unspecified atom stereocenters. The van der Waals surface area contributed by atoms with Crippen LogP contribution in [0, 0.1) is 0 Å². The topological polar surface area (TPSA) is 36.1 Å². The van der Waals surface area contributed by atoms with Gasteiger partial charge in [-0.15, -0.1) is 11.3 Å². The minimum Gasteiger partial charge on any atom is -0.455 e. The highest BCUT2D eigenvalue weighted by Crippen LogP contribution is 2.49. The van der Waals surface area contributed by atoms with Gasteiger partial charge in [-0.3, -0.25) is 0 Å². The molecule has 13 aromatic rings. The van der Waals surface area contributed by atoms with Crippen molar-refractivity contribution < 1.29 is 8.83 Å². The lowest BCUT2D eigenvalue weighted by Gasteiger charge is -2.09. The van der Waals surface area contributed by atoms with E-state index in [0.29, 0.717) is 0 Å². The number of thiophene rings is 1. The van der Waals surface area contributed by atoms with Gasteiger partial charge >= 0.3 is 0 Å². The molecule has 0 bridgehead atoms. The third kappa shape index (κ3) is 4.21. The van der Waals surface area contributed by atoms with Crippen molar-refractivity contribution in [3.8, 4) is 33.6 Å². The maximum Gasteiger partial charge on any atom is 0.161 e. The molecule has 266 valence electrons. The smallest absolute Gasteiger partial charge is 0.161 e. The quantitative estimate of drug-likeness (QED) is 0.180. The summed E-state index contributed by atoms with van der Waals surface area (Å²) in [6.45, 7) is 0. The number of nitrogens with zero attached hydrogens (tertiary/aromatic N) is 2. The number of rotatable bonds is 4. The van der Waals surface area contributed by atoms with E-state index in [1.807, 2.05) is 11.3 Å². The van der Waals surface area contributed by atoms with Crippen LogP contribution in [-0.2, 0) is 0 Å². The van der Waals surface area contributed by atoms with Crippen molar-refractivity contribution in [3.63, 3.8) is 0 Å². The lowest BCUT2D eigenvalue weighted by atomic mass is 9.99. The van der Waals surface area contributed by atoms with Crippen LogP contribution in [-0.4, -0.2) is 9.13 Å². The standard InChI is InChI=1S/C52H30N2O2S/c1-3-15-31(16-4-1)53-43-29-9-7-19-39(43)50-45(53)41-27-13-24-36(49(41)56-50)35-22-11-21-33-34-23-12-25-37(48(34)55-47(33)35)38-26-14-28-42-46-52(57-51(38)42)40-20-8-10-30-44(40)54(46)32-17-5-2-6-18-32/h1-30H. The fourth-order valence-corrected chi connectivity index (χ4v) is 10.7. The normalized spacial score (nSPS) is 12.2. The lowest BCUT2D eigenvalue weighted by Crippen LogP contribution is -1.92. The summed E-state index contributed by atoms with van der Waals surface area (Å²) < 4.78 is 21.4. The summed E-state index contributed by atoms with van der Waals surface area (Å²) in [5.41, 5.74) is 14.7. The molecule has 5 heteroatoms. The molecule has 0 saturated carbocycles. The Morgan fingerprint density at radius 3 is 1.39 bits per heavy atom. The van der Waals surface area contributed by atoms with Crippen molar-refractivity contribution in [1.82, 2.24) is 9.13 Å². The van der Waals surface area contributed by atoms with Gasteiger partial charge in [0.2, 0.25) is 0 Å². The first-order valence-electron chi connectivity index (χ1n) is 19.3. The molecular formula is C52H30N2O2S. The van der Waals surface area contributed by atoms with Crippen LogP contribution >= 0.6 is 11.3 Å². The number of hydrogen-bond acceptors (Lipinski definition) is 3. The first-order valence-corrected chi connectivity index (χ1v) is 20.1. The first-order chi connectivity index (χ1) is 28.3. The van der Waals surface area contributed by atoms with Crippen molar-refractivity contribution in [2.75, 3.05) is 0 Å². The molecule has 0 amide bonds. The minimum atomic E-state index is 0.854. The second-order valence-electron chi connectivity index (χ2n) is 14.8. The number of furan rings is 2. The Labute approximate surface area is 329 Å². The minimum absolute atomic E-state index is 0.854. The summed E-state index contributed by atoms with van der Waals surface area (Å²) >= 11 is 1.87. The van der Waals surface area contributed by atoms with Crippen LogP contribution in [0.5, 0.6) is 0 Å². The number of fused-ring (bicyclic) bond motifs is 13. The first kappa shape index (κ1) is 30.9. The number of para-hydroxylation sites is 7.